The Kier molecular flexibility index (Phi) is 9.01. The van der Waals surface area contributed by atoms with Crippen LogP contribution in [0, 0.1) is 5.92 Å². The third kappa shape index (κ3) is 6.54. The highest BCUT2D eigenvalue weighted by Crippen LogP contribution is 2.34. The van der Waals surface area contributed by atoms with Gasteiger partial charge in [-0.05, 0) is 99.5 Å². The minimum absolute atomic E-state index is 0.161. The molecule has 0 saturated carbocycles. The number of aryl methyl sites for hydroxylation is 1. The maximum Gasteiger partial charge on any atom is 0.226 e. The lowest BCUT2D eigenvalue weighted by Gasteiger charge is -2.38. The SMILES string of the molecule is CN=C(C(=O)CCC1C[C@@H](C)O[C@@H](C)C1)C1=C(/C=C/CC(=O)N2CCN(c3cccc4c3CC4)CC2)CCC1. The standard InChI is InChI=1S/C33H45N3O3/c1-23-21-25(22-24(2)39-23)13-16-31(37)33(34-3)29-10-4-7-26(29)9-6-12-32(38)36-19-17-35(18-20-36)30-11-5-8-27-14-15-28(27)30/h5-6,8-9,11,23-25H,4,7,10,12-22H2,1-3H3/b9-6+,34-33?/t23-,24+,25?. The number of ether oxygens (including phenoxy) is 1. The predicted molar refractivity (Wildman–Crippen MR) is 158 cm³/mol. The number of carbonyl (C=O) groups excluding carboxylic acids is 2. The second-order valence-electron chi connectivity index (χ2n) is 11.9. The molecule has 0 radical (unpaired) electrons. The minimum atomic E-state index is 0.161. The average molecular weight is 532 g/mol. The van der Waals surface area contributed by atoms with Gasteiger partial charge in [-0.15, -0.1) is 0 Å². The molecule has 2 aliphatic carbocycles. The van der Waals surface area contributed by atoms with Crippen LogP contribution >= 0.6 is 0 Å². The molecule has 5 rings (SSSR count). The molecule has 0 bridgehead atoms. The highest BCUT2D eigenvalue weighted by atomic mass is 16.5. The van der Waals surface area contributed by atoms with Crippen LogP contribution in [0.4, 0.5) is 5.69 Å². The average Bonchev–Trinajstić information content (AvgIpc) is 3.36. The van der Waals surface area contributed by atoms with E-state index >= 15 is 0 Å². The maximum atomic E-state index is 13.2. The van der Waals surface area contributed by atoms with Crippen LogP contribution in [0.3, 0.4) is 0 Å². The van der Waals surface area contributed by atoms with Crippen LogP contribution < -0.4 is 4.90 Å². The van der Waals surface area contributed by atoms with Gasteiger partial charge in [-0.25, -0.2) is 0 Å². The van der Waals surface area contributed by atoms with Gasteiger partial charge in [0, 0.05) is 51.8 Å². The molecule has 0 N–H and O–H groups in total. The van der Waals surface area contributed by atoms with Crippen LogP contribution in [0.2, 0.25) is 0 Å². The molecule has 6 heteroatoms. The number of carbonyl (C=O) groups is 2. The number of hydrogen-bond donors (Lipinski definition) is 0. The number of Topliss-reactive ketones (excluding diaryl/α,β-unsaturated/α-hetero) is 1. The summed E-state index contributed by atoms with van der Waals surface area (Å²) in [7, 11) is 1.74. The monoisotopic (exact) mass is 531 g/mol. The van der Waals surface area contributed by atoms with Crippen molar-refractivity contribution in [2.75, 3.05) is 38.1 Å². The van der Waals surface area contributed by atoms with Gasteiger partial charge in [-0.1, -0.05) is 24.3 Å². The molecule has 210 valence electrons. The summed E-state index contributed by atoms with van der Waals surface area (Å²) < 4.78 is 5.86. The summed E-state index contributed by atoms with van der Waals surface area (Å²) in [5.74, 6) is 0.890. The lowest BCUT2D eigenvalue weighted by molar-refractivity contribution is -0.130. The molecule has 1 amide bonds. The minimum Gasteiger partial charge on any atom is -0.376 e. The van der Waals surface area contributed by atoms with Gasteiger partial charge in [0.25, 0.3) is 0 Å². The Morgan fingerprint density at radius 3 is 2.49 bits per heavy atom. The van der Waals surface area contributed by atoms with Crippen LogP contribution in [0.1, 0.15) is 76.3 Å². The molecule has 2 saturated heterocycles. The summed E-state index contributed by atoms with van der Waals surface area (Å²) in [4.78, 5) is 35.0. The second-order valence-corrected chi connectivity index (χ2v) is 11.9. The van der Waals surface area contributed by atoms with Crippen LogP contribution in [0.5, 0.6) is 0 Å². The van der Waals surface area contributed by atoms with Gasteiger partial charge >= 0.3 is 0 Å². The van der Waals surface area contributed by atoms with Crippen molar-refractivity contribution < 1.29 is 14.3 Å². The van der Waals surface area contributed by atoms with E-state index in [1.165, 1.54) is 35.2 Å². The molecule has 1 aromatic rings. The van der Waals surface area contributed by atoms with Crippen molar-refractivity contribution in [1.82, 2.24) is 4.90 Å². The lowest BCUT2D eigenvalue weighted by atomic mass is 9.86. The van der Waals surface area contributed by atoms with Gasteiger partial charge in [0.05, 0.1) is 12.2 Å². The number of allylic oxidation sites excluding steroid dienone is 3. The zero-order valence-electron chi connectivity index (χ0n) is 24.1. The largest absolute Gasteiger partial charge is 0.376 e. The van der Waals surface area contributed by atoms with E-state index in [1.807, 2.05) is 11.0 Å². The number of amides is 1. The van der Waals surface area contributed by atoms with Gasteiger partial charge < -0.3 is 14.5 Å². The molecule has 2 heterocycles. The quantitative estimate of drug-likeness (QED) is 0.396. The van der Waals surface area contributed by atoms with Crippen LogP contribution in [-0.4, -0.2) is 67.7 Å². The van der Waals surface area contributed by atoms with Crippen molar-refractivity contribution in [3.63, 3.8) is 0 Å². The highest BCUT2D eigenvalue weighted by Gasteiger charge is 2.28. The van der Waals surface area contributed by atoms with Crippen LogP contribution in [0.15, 0.2) is 46.5 Å². The van der Waals surface area contributed by atoms with Crippen molar-refractivity contribution in [2.45, 2.75) is 90.3 Å². The predicted octanol–water partition coefficient (Wildman–Crippen LogP) is 5.48. The molecule has 4 aliphatic rings. The third-order valence-electron chi connectivity index (χ3n) is 9.09. The first kappa shape index (κ1) is 27.8. The van der Waals surface area contributed by atoms with Crippen molar-refractivity contribution in [3.8, 4) is 0 Å². The molecule has 2 fully saturated rings. The van der Waals surface area contributed by atoms with E-state index in [2.05, 4.69) is 48.0 Å². The van der Waals surface area contributed by atoms with Gasteiger partial charge in [-0.2, -0.15) is 0 Å². The van der Waals surface area contributed by atoms with E-state index < -0.39 is 0 Å². The Morgan fingerprint density at radius 2 is 1.79 bits per heavy atom. The Balaban J connectivity index is 1.12. The second kappa shape index (κ2) is 12.6. The third-order valence-corrected chi connectivity index (χ3v) is 9.09. The molecule has 1 unspecified atom stereocenters. The summed E-state index contributed by atoms with van der Waals surface area (Å²) in [5, 5.41) is 0. The van der Waals surface area contributed by atoms with Gasteiger partial charge in [0.15, 0.2) is 5.78 Å². The Bertz CT molecular complexity index is 1150. The summed E-state index contributed by atoms with van der Waals surface area (Å²) >= 11 is 0. The van der Waals surface area contributed by atoms with E-state index in [4.69, 9.17) is 4.74 Å². The fourth-order valence-electron chi connectivity index (χ4n) is 7.03. The molecule has 2 aliphatic heterocycles. The number of fused-ring (bicyclic) bond motifs is 1. The van der Waals surface area contributed by atoms with Crippen molar-refractivity contribution in [2.24, 2.45) is 10.9 Å². The lowest BCUT2D eigenvalue weighted by Crippen LogP contribution is -2.49. The zero-order chi connectivity index (χ0) is 27.4. The number of hydrogen-bond acceptors (Lipinski definition) is 5. The van der Waals surface area contributed by atoms with E-state index in [0.29, 0.717) is 24.5 Å². The number of piperazine rings is 1. The number of anilines is 1. The van der Waals surface area contributed by atoms with Gasteiger partial charge in [-0.3, -0.25) is 14.6 Å². The first-order valence-electron chi connectivity index (χ1n) is 15.1. The van der Waals surface area contributed by atoms with Crippen molar-refractivity contribution in [1.29, 1.82) is 0 Å². The number of rotatable bonds is 9. The normalized spacial score (nSPS) is 25.7. The first-order chi connectivity index (χ1) is 18.9. The molecule has 0 aromatic heterocycles. The summed E-state index contributed by atoms with van der Waals surface area (Å²) in [6.45, 7) is 7.60. The molecule has 0 spiro atoms. The molecule has 1 aromatic carbocycles. The Hall–Kier alpha value is -2.73. The Labute approximate surface area is 234 Å². The Morgan fingerprint density at radius 1 is 1.03 bits per heavy atom. The molecule has 6 nitrogen and oxygen atoms in total. The number of ketones is 1. The molecule has 3 atom stereocenters. The first-order valence-corrected chi connectivity index (χ1v) is 15.1. The molecular weight excluding hydrogens is 486 g/mol. The van der Waals surface area contributed by atoms with Crippen LogP contribution in [-0.2, 0) is 27.2 Å². The van der Waals surface area contributed by atoms with E-state index in [-0.39, 0.29) is 23.9 Å². The van der Waals surface area contributed by atoms with Gasteiger partial charge in [0.1, 0.15) is 5.71 Å². The fourth-order valence-corrected chi connectivity index (χ4v) is 7.03. The smallest absolute Gasteiger partial charge is 0.226 e. The maximum absolute atomic E-state index is 13.2. The van der Waals surface area contributed by atoms with Gasteiger partial charge in [0.2, 0.25) is 5.91 Å². The topological polar surface area (TPSA) is 62.2 Å². The number of nitrogens with zero attached hydrogens (tertiary/aromatic N) is 3. The van der Waals surface area contributed by atoms with E-state index in [9.17, 15) is 9.59 Å². The summed E-state index contributed by atoms with van der Waals surface area (Å²) in [6, 6.07) is 6.63. The zero-order valence-corrected chi connectivity index (χ0v) is 24.1. The number of benzene rings is 1. The number of aliphatic imine (C=N–C) groups is 1. The molecule has 39 heavy (non-hydrogen) atoms. The molecular formula is C33H45N3O3. The van der Waals surface area contributed by atoms with Crippen LogP contribution in [0.25, 0.3) is 0 Å². The van der Waals surface area contributed by atoms with Crippen molar-refractivity contribution >= 4 is 23.1 Å². The van der Waals surface area contributed by atoms with Crippen molar-refractivity contribution in [3.05, 3.63) is 52.6 Å². The summed E-state index contributed by atoms with van der Waals surface area (Å²) in [6.07, 6.45) is 13.8. The highest BCUT2D eigenvalue weighted by molar-refractivity contribution is 6.46. The fraction of sp³-hybridized carbons (Fsp3) is 0.606. The summed E-state index contributed by atoms with van der Waals surface area (Å²) in [5.41, 5.74) is 7.27. The van der Waals surface area contributed by atoms with E-state index in [1.54, 1.807) is 7.05 Å². The van der Waals surface area contributed by atoms with E-state index in [0.717, 1.165) is 70.3 Å².